The highest BCUT2D eigenvalue weighted by Gasteiger charge is 2.12. The van der Waals surface area contributed by atoms with E-state index in [1.165, 1.54) is 0 Å². The number of nitrogens with zero attached hydrogens (tertiary/aromatic N) is 3. The molecule has 0 bridgehead atoms. The van der Waals surface area contributed by atoms with Crippen molar-refractivity contribution < 1.29 is 4.79 Å². The number of thiazole rings is 1. The minimum absolute atomic E-state index is 0.0928. The molecule has 1 aromatic carbocycles. The fourth-order valence-electron chi connectivity index (χ4n) is 1.94. The normalized spacial score (nSPS) is 10.5. The lowest BCUT2D eigenvalue weighted by Crippen LogP contribution is -2.29. The third-order valence-electron chi connectivity index (χ3n) is 2.94. The van der Waals surface area contributed by atoms with Crippen molar-refractivity contribution >= 4 is 38.3 Å². The number of anilines is 2. The molecule has 0 saturated carbocycles. The molecule has 1 N–H and O–H groups in total. The molecule has 5 nitrogen and oxygen atoms in total. The average molecular weight is 298 g/mol. The number of carbonyl (C=O) groups is 1. The lowest BCUT2D eigenvalue weighted by molar-refractivity contribution is -0.114. The molecule has 0 aliphatic carbocycles. The molecule has 1 amide bonds. The molecular weight excluding hydrogens is 284 g/mol. The number of carbonyl (C=O) groups excluding carboxylic acids is 1. The Kier molecular flexibility index (Phi) is 3.79. The van der Waals surface area contributed by atoms with Gasteiger partial charge < -0.3 is 10.2 Å². The predicted octanol–water partition coefficient (Wildman–Crippen LogP) is 2.77. The Hall–Kier alpha value is -2.47. The molecule has 0 radical (unpaired) electrons. The zero-order valence-corrected chi connectivity index (χ0v) is 12.3. The smallest absolute Gasteiger partial charge is 0.244 e. The van der Waals surface area contributed by atoms with E-state index in [1.807, 2.05) is 42.3 Å². The molecule has 0 spiro atoms. The molecule has 2 heterocycles. The van der Waals surface area contributed by atoms with E-state index in [0.717, 1.165) is 15.3 Å². The van der Waals surface area contributed by atoms with Gasteiger partial charge in [0.1, 0.15) is 0 Å². The molecule has 106 valence electrons. The van der Waals surface area contributed by atoms with Gasteiger partial charge in [-0.3, -0.25) is 9.78 Å². The zero-order valence-electron chi connectivity index (χ0n) is 11.5. The Morgan fingerprint density at radius 3 is 2.90 bits per heavy atom. The van der Waals surface area contributed by atoms with Crippen LogP contribution in [0.4, 0.5) is 10.8 Å². The standard InChI is InChI=1S/C15H14N4OS/c1-19(10-14(20)17-11-5-4-8-16-9-11)15-18-12-6-2-3-7-13(12)21-15/h2-9H,10H2,1H3,(H,17,20). The Labute approximate surface area is 126 Å². The largest absolute Gasteiger partial charge is 0.342 e. The maximum Gasteiger partial charge on any atom is 0.244 e. The first kappa shape index (κ1) is 13.5. The molecule has 0 unspecified atom stereocenters. The van der Waals surface area contributed by atoms with E-state index in [4.69, 9.17) is 0 Å². The second-order valence-corrected chi connectivity index (χ2v) is 5.62. The number of pyridine rings is 1. The third-order valence-corrected chi connectivity index (χ3v) is 4.09. The Balaban J connectivity index is 1.68. The highest BCUT2D eigenvalue weighted by atomic mass is 32.1. The van der Waals surface area contributed by atoms with Gasteiger partial charge in [0, 0.05) is 13.2 Å². The third kappa shape index (κ3) is 3.17. The van der Waals surface area contributed by atoms with Crippen LogP contribution in [0.2, 0.25) is 0 Å². The van der Waals surface area contributed by atoms with E-state index >= 15 is 0 Å². The van der Waals surface area contributed by atoms with Crippen LogP contribution in [0.3, 0.4) is 0 Å². The molecule has 0 aliphatic rings. The first-order valence-electron chi connectivity index (χ1n) is 6.49. The molecule has 0 aliphatic heterocycles. The van der Waals surface area contributed by atoms with E-state index in [-0.39, 0.29) is 12.5 Å². The number of benzene rings is 1. The van der Waals surface area contributed by atoms with Crippen molar-refractivity contribution in [2.75, 3.05) is 23.8 Å². The summed E-state index contributed by atoms with van der Waals surface area (Å²) in [5.41, 5.74) is 1.65. The molecule has 3 rings (SSSR count). The first-order chi connectivity index (χ1) is 10.2. The van der Waals surface area contributed by atoms with Crippen molar-refractivity contribution in [3.63, 3.8) is 0 Å². The van der Waals surface area contributed by atoms with E-state index in [1.54, 1.807) is 29.8 Å². The van der Waals surface area contributed by atoms with Crippen LogP contribution < -0.4 is 10.2 Å². The zero-order chi connectivity index (χ0) is 14.7. The van der Waals surface area contributed by atoms with Crippen molar-refractivity contribution in [3.05, 3.63) is 48.8 Å². The minimum Gasteiger partial charge on any atom is -0.342 e. The van der Waals surface area contributed by atoms with Gasteiger partial charge in [-0.25, -0.2) is 4.98 Å². The number of rotatable bonds is 4. The number of aromatic nitrogens is 2. The molecule has 0 saturated heterocycles. The van der Waals surface area contributed by atoms with Crippen LogP contribution in [-0.4, -0.2) is 29.5 Å². The molecule has 0 atom stereocenters. The van der Waals surface area contributed by atoms with Crippen molar-refractivity contribution in [2.45, 2.75) is 0 Å². The average Bonchev–Trinajstić information content (AvgIpc) is 2.92. The van der Waals surface area contributed by atoms with Gasteiger partial charge in [0.05, 0.1) is 28.6 Å². The fraction of sp³-hybridized carbons (Fsp3) is 0.133. The predicted molar refractivity (Wildman–Crippen MR) is 85.8 cm³/mol. The van der Waals surface area contributed by atoms with Crippen LogP contribution in [0, 0.1) is 0 Å². The van der Waals surface area contributed by atoms with Crippen molar-refractivity contribution in [1.29, 1.82) is 0 Å². The summed E-state index contributed by atoms with van der Waals surface area (Å²) >= 11 is 1.58. The first-order valence-corrected chi connectivity index (χ1v) is 7.30. The minimum atomic E-state index is -0.0928. The van der Waals surface area contributed by atoms with Crippen molar-refractivity contribution in [2.24, 2.45) is 0 Å². The number of likely N-dealkylation sites (N-methyl/N-ethyl adjacent to an activating group) is 1. The molecule has 0 fully saturated rings. The monoisotopic (exact) mass is 298 g/mol. The summed E-state index contributed by atoms with van der Waals surface area (Å²) in [6, 6.07) is 11.5. The van der Waals surface area contributed by atoms with E-state index < -0.39 is 0 Å². The summed E-state index contributed by atoms with van der Waals surface area (Å²) in [5, 5.41) is 3.64. The second kappa shape index (κ2) is 5.88. The van der Waals surface area contributed by atoms with Gasteiger partial charge in [-0.1, -0.05) is 23.5 Å². The lowest BCUT2D eigenvalue weighted by atomic mass is 10.3. The molecule has 21 heavy (non-hydrogen) atoms. The van der Waals surface area contributed by atoms with Crippen LogP contribution in [0.15, 0.2) is 48.8 Å². The topological polar surface area (TPSA) is 58.1 Å². The Bertz CT molecular complexity index is 723. The van der Waals surface area contributed by atoms with E-state index in [0.29, 0.717) is 5.69 Å². The van der Waals surface area contributed by atoms with Gasteiger partial charge in [0.25, 0.3) is 0 Å². The summed E-state index contributed by atoms with van der Waals surface area (Å²) in [6.45, 7) is 0.245. The van der Waals surface area contributed by atoms with Crippen molar-refractivity contribution in [1.82, 2.24) is 9.97 Å². The Morgan fingerprint density at radius 2 is 2.14 bits per heavy atom. The summed E-state index contributed by atoms with van der Waals surface area (Å²) in [5.74, 6) is -0.0928. The maximum atomic E-state index is 12.0. The molecular formula is C15H14N4OS. The van der Waals surface area contributed by atoms with E-state index in [9.17, 15) is 4.79 Å². The second-order valence-electron chi connectivity index (χ2n) is 4.61. The summed E-state index contributed by atoms with van der Waals surface area (Å²) in [6.07, 6.45) is 3.29. The van der Waals surface area contributed by atoms with Crippen LogP contribution in [-0.2, 0) is 4.79 Å². The molecule has 3 aromatic rings. The van der Waals surface area contributed by atoms with E-state index in [2.05, 4.69) is 15.3 Å². The van der Waals surface area contributed by atoms with Crippen LogP contribution in [0.5, 0.6) is 0 Å². The maximum absolute atomic E-state index is 12.0. The summed E-state index contributed by atoms with van der Waals surface area (Å²) in [7, 11) is 1.86. The van der Waals surface area contributed by atoms with Crippen LogP contribution >= 0.6 is 11.3 Å². The van der Waals surface area contributed by atoms with Crippen LogP contribution in [0.1, 0.15) is 0 Å². The van der Waals surface area contributed by atoms with Gasteiger partial charge in [-0.05, 0) is 24.3 Å². The number of hydrogen-bond acceptors (Lipinski definition) is 5. The number of hydrogen-bond donors (Lipinski definition) is 1. The number of nitrogens with one attached hydrogen (secondary N) is 1. The number of amides is 1. The van der Waals surface area contributed by atoms with Crippen LogP contribution in [0.25, 0.3) is 10.2 Å². The lowest BCUT2D eigenvalue weighted by Gasteiger charge is -2.14. The van der Waals surface area contributed by atoms with Crippen molar-refractivity contribution in [3.8, 4) is 0 Å². The van der Waals surface area contributed by atoms with Gasteiger partial charge in [-0.15, -0.1) is 0 Å². The van der Waals surface area contributed by atoms with Gasteiger partial charge >= 0.3 is 0 Å². The van der Waals surface area contributed by atoms with Gasteiger partial charge in [-0.2, -0.15) is 0 Å². The fourth-order valence-corrected chi connectivity index (χ4v) is 2.87. The van der Waals surface area contributed by atoms with Gasteiger partial charge in [0.15, 0.2) is 5.13 Å². The summed E-state index contributed by atoms with van der Waals surface area (Å²) < 4.78 is 1.12. The number of fused-ring (bicyclic) bond motifs is 1. The quantitative estimate of drug-likeness (QED) is 0.804. The Morgan fingerprint density at radius 1 is 1.29 bits per heavy atom. The molecule has 2 aromatic heterocycles. The number of para-hydroxylation sites is 1. The highest BCUT2D eigenvalue weighted by molar-refractivity contribution is 7.22. The highest BCUT2D eigenvalue weighted by Crippen LogP contribution is 2.27. The summed E-state index contributed by atoms with van der Waals surface area (Å²) in [4.78, 5) is 22.3. The van der Waals surface area contributed by atoms with Gasteiger partial charge in [0.2, 0.25) is 5.91 Å². The molecule has 6 heteroatoms. The SMILES string of the molecule is CN(CC(=O)Nc1cccnc1)c1nc2ccccc2s1.